The van der Waals surface area contributed by atoms with Crippen molar-refractivity contribution in [2.75, 3.05) is 26.4 Å². The van der Waals surface area contributed by atoms with Crippen LogP contribution in [0, 0.1) is 0 Å². The normalized spacial score (nSPS) is 24.6. The molecular formula is C23H22N2O6. The molecule has 3 aliphatic heterocycles. The second-order valence-corrected chi connectivity index (χ2v) is 7.73. The Labute approximate surface area is 179 Å². The standard InChI is InChI=1S/C23H22N2O6/c26-21(14-5-6-17-18(11-14)31-10-9-30-17)19-20(15-3-1-7-24-12-15)25(23(28)22(19)27)13-16-4-2-8-29-16/h1,3,5-7,11-12,16,20,26H,2,4,8-10,13H2/t16-,20+/m1/s1. The molecule has 2 saturated heterocycles. The number of ketones is 1. The Hall–Kier alpha value is -3.39. The molecule has 0 radical (unpaired) electrons. The second-order valence-electron chi connectivity index (χ2n) is 7.73. The minimum Gasteiger partial charge on any atom is -0.507 e. The molecule has 1 N–H and O–H groups in total. The highest BCUT2D eigenvalue weighted by molar-refractivity contribution is 6.46. The van der Waals surface area contributed by atoms with Gasteiger partial charge in [-0.05, 0) is 42.7 Å². The number of aliphatic hydroxyl groups is 1. The van der Waals surface area contributed by atoms with E-state index in [0.29, 0.717) is 42.4 Å². The maximum atomic E-state index is 13.1. The number of nitrogens with zero attached hydrogens (tertiary/aromatic N) is 2. The highest BCUT2D eigenvalue weighted by Crippen LogP contribution is 2.41. The summed E-state index contributed by atoms with van der Waals surface area (Å²) < 4.78 is 16.8. The molecule has 0 spiro atoms. The summed E-state index contributed by atoms with van der Waals surface area (Å²) in [5, 5.41) is 11.2. The first-order valence-electron chi connectivity index (χ1n) is 10.3. The average molecular weight is 422 g/mol. The van der Waals surface area contributed by atoms with Gasteiger partial charge in [-0.3, -0.25) is 14.6 Å². The summed E-state index contributed by atoms with van der Waals surface area (Å²) in [5.74, 6) is -0.561. The summed E-state index contributed by atoms with van der Waals surface area (Å²) in [6, 6.07) is 7.75. The van der Waals surface area contributed by atoms with Crippen molar-refractivity contribution in [2.45, 2.75) is 25.0 Å². The zero-order chi connectivity index (χ0) is 21.4. The second kappa shape index (κ2) is 8.03. The van der Waals surface area contributed by atoms with Crippen molar-refractivity contribution in [3.8, 4) is 11.5 Å². The number of hydrogen-bond acceptors (Lipinski definition) is 7. The number of fused-ring (bicyclic) bond motifs is 1. The van der Waals surface area contributed by atoms with Crippen LogP contribution in [0.4, 0.5) is 0 Å². The van der Waals surface area contributed by atoms with Gasteiger partial charge in [0.2, 0.25) is 0 Å². The number of likely N-dealkylation sites (tertiary alicyclic amines) is 1. The molecule has 8 nitrogen and oxygen atoms in total. The van der Waals surface area contributed by atoms with Crippen LogP contribution < -0.4 is 9.47 Å². The molecule has 5 rings (SSSR count). The fraction of sp³-hybridized carbons (Fsp3) is 0.348. The Morgan fingerprint density at radius 3 is 2.71 bits per heavy atom. The molecule has 0 saturated carbocycles. The third-order valence-corrected chi connectivity index (χ3v) is 5.78. The lowest BCUT2D eigenvalue weighted by Gasteiger charge is -2.27. The highest BCUT2D eigenvalue weighted by atomic mass is 16.6. The van der Waals surface area contributed by atoms with E-state index in [1.165, 1.54) is 4.90 Å². The van der Waals surface area contributed by atoms with Gasteiger partial charge in [-0.2, -0.15) is 0 Å². The van der Waals surface area contributed by atoms with Gasteiger partial charge in [0.25, 0.3) is 11.7 Å². The van der Waals surface area contributed by atoms with Gasteiger partial charge < -0.3 is 24.2 Å². The highest BCUT2D eigenvalue weighted by Gasteiger charge is 2.47. The van der Waals surface area contributed by atoms with Crippen molar-refractivity contribution < 1.29 is 28.9 Å². The fourth-order valence-electron chi connectivity index (χ4n) is 4.31. The first kappa shape index (κ1) is 19.6. The van der Waals surface area contributed by atoms with Crippen LogP contribution in [0.3, 0.4) is 0 Å². The van der Waals surface area contributed by atoms with E-state index in [2.05, 4.69) is 4.98 Å². The Balaban J connectivity index is 1.59. The molecule has 4 heterocycles. The number of carbonyl (C=O) groups is 2. The van der Waals surface area contributed by atoms with E-state index in [1.807, 2.05) is 0 Å². The van der Waals surface area contributed by atoms with Crippen molar-refractivity contribution in [1.82, 2.24) is 9.88 Å². The quantitative estimate of drug-likeness (QED) is 0.459. The lowest BCUT2D eigenvalue weighted by atomic mass is 9.96. The molecule has 1 aromatic heterocycles. The number of Topliss-reactive ketones (excluding diaryl/α,β-unsaturated/α-hetero) is 1. The molecule has 2 atom stereocenters. The predicted octanol–water partition coefficient (Wildman–Crippen LogP) is 2.45. The zero-order valence-corrected chi connectivity index (χ0v) is 16.8. The topological polar surface area (TPSA) is 98.2 Å². The minimum atomic E-state index is -0.744. The van der Waals surface area contributed by atoms with Crippen LogP contribution >= 0.6 is 0 Å². The van der Waals surface area contributed by atoms with E-state index in [1.54, 1.807) is 42.7 Å². The average Bonchev–Trinajstić information content (AvgIpc) is 3.41. The summed E-state index contributed by atoms with van der Waals surface area (Å²) in [7, 11) is 0. The van der Waals surface area contributed by atoms with Crippen molar-refractivity contribution in [3.05, 3.63) is 59.4 Å². The Morgan fingerprint density at radius 2 is 1.97 bits per heavy atom. The zero-order valence-electron chi connectivity index (χ0n) is 16.8. The Morgan fingerprint density at radius 1 is 1.13 bits per heavy atom. The number of benzene rings is 1. The number of pyridine rings is 1. The molecule has 1 aromatic carbocycles. The maximum absolute atomic E-state index is 13.1. The molecule has 31 heavy (non-hydrogen) atoms. The van der Waals surface area contributed by atoms with Crippen molar-refractivity contribution >= 4 is 17.4 Å². The monoisotopic (exact) mass is 422 g/mol. The van der Waals surface area contributed by atoms with Gasteiger partial charge in [-0.15, -0.1) is 0 Å². The molecule has 8 heteroatoms. The minimum absolute atomic E-state index is 0.0349. The van der Waals surface area contributed by atoms with E-state index in [-0.39, 0.29) is 24.0 Å². The largest absolute Gasteiger partial charge is 0.507 e. The van der Waals surface area contributed by atoms with E-state index >= 15 is 0 Å². The molecule has 2 aromatic rings. The molecule has 3 aliphatic rings. The molecule has 160 valence electrons. The van der Waals surface area contributed by atoms with Crippen LogP contribution in [0.15, 0.2) is 48.3 Å². The van der Waals surface area contributed by atoms with Gasteiger partial charge in [0, 0.05) is 31.1 Å². The van der Waals surface area contributed by atoms with Gasteiger partial charge in [-0.1, -0.05) is 6.07 Å². The van der Waals surface area contributed by atoms with Gasteiger partial charge >= 0.3 is 0 Å². The number of amides is 1. The van der Waals surface area contributed by atoms with Gasteiger partial charge in [0.05, 0.1) is 17.7 Å². The summed E-state index contributed by atoms with van der Waals surface area (Å²) in [5.41, 5.74) is 1.07. The summed E-state index contributed by atoms with van der Waals surface area (Å²) in [4.78, 5) is 31.7. The van der Waals surface area contributed by atoms with Crippen LogP contribution in [-0.2, 0) is 14.3 Å². The van der Waals surface area contributed by atoms with Crippen LogP contribution in [0.25, 0.3) is 5.76 Å². The van der Waals surface area contributed by atoms with Crippen molar-refractivity contribution in [3.63, 3.8) is 0 Å². The first-order valence-corrected chi connectivity index (χ1v) is 10.3. The summed E-state index contributed by atoms with van der Waals surface area (Å²) in [6.07, 6.45) is 4.84. The van der Waals surface area contributed by atoms with Gasteiger partial charge in [-0.25, -0.2) is 0 Å². The van der Waals surface area contributed by atoms with Gasteiger partial charge in [0.1, 0.15) is 19.0 Å². The Kier molecular flexibility index (Phi) is 5.07. The number of rotatable bonds is 4. The van der Waals surface area contributed by atoms with E-state index in [9.17, 15) is 14.7 Å². The lowest BCUT2D eigenvalue weighted by Crippen LogP contribution is -2.36. The number of carbonyl (C=O) groups excluding carboxylic acids is 2. The fourth-order valence-corrected chi connectivity index (χ4v) is 4.31. The maximum Gasteiger partial charge on any atom is 0.295 e. The van der Waals surface area contributed by atoms with Crippen molar-refractivity contribution in [1.29, 1.82) is 0 Å². The number of aromatic nitrogens is 1. The number of hydrogen-bond donors (Lipinski definition) is 1. The molecule has 0 bridgehead atoms. The van der Waals surface area contributed by atoms with Gasteiger partial charge in [0.15, 0.2) is 11.5 Å². The molecular weight excluding hydrogens is 400 g/mol. The lowest BCUT2D eigenvalue weighted by molar-refractivity contribution is -0.140. The number of aliphatic hydroxyl groups excluding tert-OH is 1. The molecule has 2 fully saturated rings. The van der Waals surface area contributed by atoms with Crippen LogP contribution in [0.2, 0.25) is 0 Å². The third-order valence-electron chi connectivity index (χ3n) is 5.78. The molecule has 1 amide bonds. The van der Waals surface area contributed by atoms with E-state index < -0.39 is 17.7 Å². The third kappa shape index (κ3) is 3.53. The van der Waals surface area contributed by atoms with Crippen LogP contribution in [-0.4, -0.2) is 59.2 Å². The molecule has 0 unspecified atom stereocenters. The van der Waals surface area contributed by atoms with E-state index in [0.717, 1.165) is 12.8 Å². The van der Waals surface area contributed by atoms with Crippen LogP contribution in [0.1, 0.15) is 30.0 Å². The predicted molar refractivity (Wildman–Crippen MR) is 110 cm³/mol. The Bertz CT molecular complexity index is 1050. The smallest absolute Gasteiger partial charge is 0.295 e. The summed E-state index contributed by atoms with van der Waals surface area (Å²) in [6.45, 7) is 1.78. The van der Waals surface area contributed by atoms with Crippen LogP contribution in [0.5, 0.6) is 11.5 Å². The van der Waals surface area contributed by atoms with Crippen molar-refractivity contribution in [2.24, 2.45) is 0 Å². The summed E-state index contributed by atoms with van der Waals surface area (Å²) >= 11 is 0. The van der Waals surface area contributed by atoms with E-state index in [4.69, 9.17) is 14.2 Å². The molecule has 0 aliphatic carbocycles. The first-order chi connectivity index (χ1) is 15.1. The SMILES string of the molecule is O=C1C(=O)N(C[C@H]2CCCO2)[C@@H](c2cccnc2)C1=C(O)c1ccc2c(c1)OCCO2. The number of ether oxygens (including phenoxy) is 3.